The molecule has 1 N–H and O–H groups in total. The highest BCUT2D eigenvalue weighted by molar-refractivity contribution is 5.16. The number of hydrogen-bond donors (Lipinski definition) is 1. The summed E-state index contributed by atoms with van der Waals surface area (Å²) in [7, 11) is 0. The maximum atomic E-state index is 12.3. The first-order valence-corrected chi connectivity index (χ1v) is 5.33. The predicted octanol–water partition coefficient (Wildman–Crippen LogP) is 2.52. The van der Waals surface area contributed by atoms with Gasteiger partial charge in [0.1, 0.15) is 0 Å². The van der Waals surface area contributed by atoms with Crippen LogP contribution in [0.3, 0.4) is 0 Å². The second-order valence-corrected chi connectivity index (χ2v) is 3.55. The minimum Gasteiger partial charge on any atom is -0.465 e. The summed E-state index contributed by atoms with van der Waals surface area (Å²) in [5.74, 6) is -0.00905. The van der Waals surface area contributed by atoms with E-state index in [4.69, 9.17) is 4.74 Å². The number of aromatic nitrogens is 1. The highest BCUT2D eigenvalue weighted by atomic mass is 19.4. The van der Waals surface area contributed by atoms with E-state index in [1.807, 2.05) is 6.92 Å². The third kappa shape index (κ3) is 4.60. The molecule has 0 saturated heterocycles. The average molecular weight is 248 g/mol. The van der Waals surface area contributed by atoms with Crippen molar-refractivity contribution in [2.75, 3.05) is 6.54 Å². The first-order chi connectivity index (χ1) is 7.93. The molecule has 0 aromatic carbocycles. The summed E-state index contributed by atoms with van der Waals surface area (Å²) in [6.45, 7) is 4.17. The number of pyridine rings is 1. The molecular formula is C11H15F3N2O. The summed E-state index contributed by atoms with van der Waals surface area (Å²) < 4.78 is 41.6. The molecule has 0 aliphatic rings. The van der Waals surface area contributed by atoms with Gasteiger partial charge in [0.2, 0.25) is 5.88 Å². The van der Waals surface area contributed by atoms with Crippen molar-refractivity contribution in [1.29, 1.82) is 0 Å². The van der Waals surface area contributed by atoms with Crippen LogP contribution >= 0.6 is 0 Å². The second kappa shape index (κ2) is 5.86. The highest BCUT2D eigenvalue weighted by Crippen LogP contribution is 2.23. The highest BCUT2D eigenvalue weighted by Gasteiger charge is 2.38. The van der Waals surface area contributed by atoms with Gasteiger partial charge in [0, 0.05) is 12.6 Å². The average Bonchev–Trinajstić information content (AvgIpc) is 2.25. The number of nitrogens with one attached hydrogen (secondary N) is 1. The Morgan fingerprint density at radius 3 is 2.71 bits per heavy atom. The lowest BCUT2D eigenvalue weighted by atomic mass is 10.3. The predicted molar refractivity (Wildman–Crippen MR) is 57.8 cm³/mol. The Morgan fingerprint density at radius 2 is 2.12 bits per heavy atom. The molecule has 0 saturated carbocycles. The van der Waals surface area contributed by atoms with Crippen molar-refractivity contribution < 1.29 is 17.9 Å². The molecule has 1 rings (SSSR count). The van der Waals surface area contributed by atoms with Crippen molar-refractivity contribution in [3.05, 3.63) is 23.9 Å². The van der Waals surface area contributed by atoms with Gasteiger partial charge in [-0.2, -0.15) is 13.2 Å². The first-order valence-electron chi connectivity index (χ1n) is 5.33. The van der Waals surface area contributed by atoms with Crippen LogP contribution in [0.25, 0.3) is 0 Å². The Kier molecular flexibility index (Phi) is 4.74. The summed E-state index contributed by atoms with van der Waals surface area (Å²) in [5, 5.41) is 3.04. The van der Waals surface area contributed by atoms with Gasteiger partial charge in [0.15, 0.2) is 6.10 Å². The number of ether oxygens (including phenoxy) is 1. The molecule has 0 bridgehead atoms. The van der Waals surface area contributed by atoms with Gasteiger partial charge in [-0.1, -0.05) is 13.0 Å². The van der Waals surface area contributed by atoms with Gasteiger partial charge in [-0.3, -0.25) is 0 Å². The molecule has 1 atom stereocenters. The quantitative estimate of drug-likeness (QED) is 0.869. The zero-order valence-corrected chi connectivity index (χ0v) is 9.71. The lowest BCUT2D eigenvalue weighted by Gasteiger charge is -2.17. The van der Waals surface area contributed by atoms with Gasteiger partial charge in [0.05, 0.1) is 5.69 Å². The third-order valence-electron chi connectivity index (χ3n) is 2.10. The van der Waals surface area contributed by atoms with Gasteiger partial charge < -0.3 is 10.1 Å². The van der Waals surface area contributed by atoms with Crippen LogP contribution < -0.4 is 10.1 Å². The fourth-order valence-corrected chi connectivity index (χ4v) is 1.12. The molecule has 0 aliphatic carbocycles. The minimum atomic E-state index is -4.38. The summed E-state index contributed by atoms with van der Waals surface area (Å²) >= 11 is 0. The molecule has 0 radical (unpaired) electrons. The van der Waals surface area contributed by atoms with Crippen LogP contribution in [0.5, 0.6) is 5.88 Å². The zero-order chi connectivity index (χ0) is 12.9. The zero-order valence-electron chi connectivity index (χ0n) is 9.71. The van der Waals surface area contributed by atoms with Crippen molar-refractivity contribution in [2.45, 2.75) is 32.7 Å². The molecular weight excluding hydrogens is 233 g/mol. The molecule has 1 heterocycles. The first kappa shape index (κ1) is 13.8. The van der Waals surface area contributed by atoms with Crippen LogP contribution in [0, 0.1) is 0 Å². The molecule has 1 unspecified atom stereocenters. The fourth-order valence-electron chi connectivity index (χ4n) is 1.12. The number of hydrogen-bond acceptors (Lipinski definition) is 3. The fraction of sp³-hybridized carbons (Fsp3) is 0.545. The number of nitrogens with zero attached hydrogens (tertiary/aromatic N) is 1. The lowest BCUT2D eigenvalue weighted by molar-refractivity contribution is -0.190. The van der Waals surface area contributed by atoms with E-state index in [-0.39, 0.29) is 5.88 Å². The third-order valence-corrected chi connectivity index (χ3v) is 2.10. The largest absolute Gasteiger partial charge is 0.465 e. The number of rotatable bonds is 5. The SMILES string of the molecule is CCNCc1cccc(OC(C)C(F)(F)F)n1. The van der Waals surface area contributed by atoms with Crippen LogP contribution in [-0.4, -0.2) is 23.8 Å². The van der Waals surface area contributed by atoms with Crippen LogP contribution in [-0.2, 0) is 6.54 Å². The molecule has 6 heteroatoms. The number of halogens is 3. The Morgan fingerprint density at radius 1 is 1.41 bits per heavy atom. The van der Waals surface area contributed by atoms with Crippen LogP contribution in [0.4, 0.5) is 13.2 Å². The maximum absolute atomic E-state index is 12.3. The maximum Gasteiger partial charge on any atom is 0.425 e. The molecule has 1 aromatic rings. The molecule has 0 amide bonds. The van der Waals surface area contributed by atoms with Gasteiger partial charge in [-0.25, -0.2) is 4.98 Å². The van der Waals surface area contributed by atoms with E-state index in [1.54, 1.807) is 12.1 Å². The Balaban J connectivity index is 2.65. The summed E-state index contributed by atoms with van der Waals surface area (Å²) in [5.41, 5.74) is 0.652. The van der Waals surface area contributed by atoms with Crippen molar-refractivity contribution in [2.24, 2.45) is 0 Å². The Hall–Kier alpha value is -1.30. The smallest absolute Gasteiger partial charge is 0.425 e. The van der Waals surface area contributed by atoms with E-state index >= 15 is 0 Å². The van der Waals surface area contributed by atoms with Gasteiger partial charge in [0.25, 0.3) is 0 Å². The van der Waals surface area contributed by atoms with Crippen LogP contribution in [0.2, 0.25) is 0 Å². The van der Waals surface area contributed by atoms with E-state index in [9.17, 15) is 13.2 Å². The van der Waals surface area contributed by atoms with Crippen molar-refractivity contribution in [3.63, 3.8) is 0 Å². The topological polar surface area (TPSA) is 34.1 Å². The van der Waals surface area contributed by atoms with E-state index in [2.05, 4.69) is 10.3 Å². The molecule has 96 valence electrons. The summed E-state index contributed by atoms with van der Waals surface area (Å²) in [6.07, 6.45) is -6.23. The van der Waals surface area contributed by atoms with Gasteiger partial charge in [-0.05, 0) is 19.5 Å². The van der Waals surface area contributed by atoms with Crippen molar-refractivity contribution >= 4 is 0 Å². The van der Waals surface area contributed by atoms with E-state index in [0.29, 0.717) is 12.2 Å². The van der Waals surface area contributed by atoms with E-state index in [1.165, 1.54) is 6.07 Å². The minimum absolute atomic E-state index is 0.00905. The van der Waals surface area contributed by atoms with E-state index in [0.717, 1.165) is 13.5 Å². The normalized spacial score (nSPS) is 13.5. The van der Waals surface area contributed by atoms with Crippen LogP contribution in [0.15, 0.2) is 18.2 Å². The Bertz CT molecular complexity index is 355. The number of alkyl halides is 3. The second-order valence-electron chi connectivity index (χ2n) is 3.55. The van der Waals surface area contributed by atoms with Gasteiger partial charge >= 0.3 is 6.18 Å². The van der Waals surface area contributed by atoms with Crippen molar-refractivity contribution in [3.8, 4) is 5.88 Å². The van der Waals surface area contributed by atoms with E-state index < -0.39 is 12.3 Å². The monoisotopic (exact) mass is 248 g/mol. The van der Waals surface area contributed by atoms with Gasteiger partial charge in [-0.15, -0.1) is 0 Å². The standard InChI is InChI=1S/C11H15F3N2O/c1-3-15-7-9-5-4-6-10(16-9)17-8(2)11(12,13)14/h4-6,8,15H,3,7H2,1-2H3. The Labute approximate surface area is 98.0 Å². The summed E-state index contributed by atoms with van der Waals surface area (Å²) in [4.78, 5) is 3.98. The molecule has 0 aliphatic heterocycles. The molecule has 17 heavy (non-hydrogen) atoms. The summed E-state index contributed by atoms with van der Waals surface area (Å²) in [6, 6.07) is 4.77. The molecule has 0 fully saturated rings. The van der Waals surface area contributed by atoms with Crippen LogP contribution in [0.1, 0.15) is 19.5 Å². The lowest BCUT2D eigenvalue weighted by Crippen LogP contribution is -2.31. The molecule has 0 spiro atoms. The molecule has 1 aromatic heterocycles. The van der Waals surface area contributed by atoms with Crippen molar-refractivity contribution in [1.82, 2.24) is 10.3 Å². The molecule has 3 nitrogen and oxygen atoms in total.